The Labute approximate surface area is 93.0 Å². The van der Waals surface area contributed by atoms with Crippen LogP contribution >= 0.6 is 0 Å². The van der Waals surface area contributed by atoms with Crippen molar-refractivity contribution in [3.05, 3.63) is 0 Å². The predicted molar refractivity (Wildman–Crippen MR) is 61.9 cm³/mol. The molecule has 0 radical (unpaired) electrons. The lowest BCUT2D eigenvalue weighted by atomic mass is 9.77. The van der Waals surface area contributed by atoms with E-state index in [1.807, 2.05) is 0 Å². The van der Waals surface area contributed by atoms with Crippen LogP contribution in [0.3, 0.4) is 0 Å². The highest BCUT2D eigenvalue weighted by Gasteiger charge is 2.36. The minimum atomic E-state index is 0.330. The maximum absolute atomic E-state index is 10.9. The van der Waals surface area contributed by atoms with Crippen molar-refractivity contribution < 1.29 is 4.79 Å². The molecule has 1 saturated carbocycles. The normalized spacial score (nSPS) is 25.9. The Balaban J connectivity index is 1.74. The molecule has 2 fully saturated rings. The van der Waals surface area contributed by atoms with Crippen molar-refractivity contribution in [2.24, 2.45) is 5.41 Å². The molecule has 0 bridgehead atoms. The number of rotatable bonds is 3. The molecular weight excluding hydrogens is 186 g/mol. The third kappa shape index (κ3) is 2.81. The van der Waals surface area contributed by atoms with Crippen LogP contribution in [0.1, 0.15) is 51.9 Å². The lowest BCUT2D eigenvalue weighted by Crippen LogP contribution is -2.39. The molecule has 2 aliphatic rings. The van der Waals surface area contributed by atoms with Gasteiger partial charge in [-0.25, -0.2) is 0 Å². The highest BCUT2D eigenvalue weighted by molar-refractivity contribution is 5.75. The number of ketones is 1. The van der Waals surface area contributed by atoms with Gasteiger partial charge in [-0.15, -0.1) is 0 Å². The number of likely N-dealkylation sites (tertiary alicyclic amines) is 1. The smallest absolute Gasteiger partial charge is 0.131 e. The fourth-order valence-corrected chi connectivity index (χ4v) is 3.19. The molecular formula is C13H23NO. The van der Waals surface area contributed by atoms with E-state index in [0.29, 0.717) is 11.2 Å². The van der Waals surface area contributed by atoms with Crippen molar-refractivity contribution in [3.63, 3.8) is 0 Å². The molecule has 2 nitrogen and oxygen atoms in total. The Bertz CT molecular complexity index is 221. The maximum Gasteiger partial charge on any atom is 0.131 e. The van der Waals surface area contributed by atoms with Crippen LogP contribution in [0.25, 0.3) is 0 Å². The molecule has 0 aromatic rings. The largest absolute Gasteiger partial charge is 0.303 e. The minimum absolute atomic E-state index is 0.330. The first-order chi connectivity index (χ1) is 7.20. The van der Waals surface area contributed by atoms with E-state index in [1.165, 1.54) is 51.6 Å². The second-order valence-electron chi connectivity index (χ2n) is 5.50. The van der Waals surface area contributed by atoms with Crippen LogP contribution in [-0.2, 0) is 4.79 Å². The summed E-state index contributed by atoms with van der Waals surface area (Å²) in [4.78, 5) is 13.4. The van der Waals surface area contributed by atoms with E-state index in [-0.39, 0.29) is 0 Å². The minimum Gasteiger partial charge on any atom is -0.303 e. The lowest BCUT2D eigenvalue weighted by molar-refractivity contribution is -0.117. The lowest BCUT2D eigenvalue weighted by Gasteiger charge is -2.39. The van der Waals surface area contributed by atoms with Gasteiger partial charge in [0.1, 0.15) is 5.78 Å². The average Bonchev–Trinajstić information content (AvgIpc) is 2.66. The molecule has 0 aromatic heterocycles. The molecule has 0 atom stereocenters. The number of carbonyl (C=O) groups is 1. The van der Waals surface area contributed by atoms with Crippen molar-refractivity contribution in [1.82, 2.24) is 4.90 Å². The molecule has 0 amide bonds. The number of hydrogen-bond acceptors (Lipinski definition) is 2. The van der Waals surface area contributed by atoms with E-state index >= 15 is 0 Å². The number of nitrogens with zero attached hydrogens (tertiary/aromatic N) is 1. The number of carbonyl (C=O) groups excluding carboxylic acids is 1. The predicted octanol–water partition coefficient (Wildman–Crippen LogP) is 2.62. The fourth-order valence-electron chi connectivity index (χ4n) is 3.19. The molecule has 1 aliphatic carbocycles. The van der Waals surface area contributed by atoms with E-state index in [4.69, 9.17) is 0 Å². The Morgan fingerprint density at radius 3 is 2.27 bits per heavy atom. The first-order valence-corrected chi connectivity index (χ1v) is 6.42. The third-order valence-corrected chi connectivity index (χ3v) is 4.36. The van der Waals surface area contributed by atoms with Gasteiger partial charge in [-0.3, -0.25) is 4.79 Å². The first-order valence-electron chi connectivity index (χ1n) is 6.42. The Kier molecular flexibility index (Phi) is 3.45. The summed E-state index contributed by atoms with van der Waals surface area (Å²) in [7, 11) is 0. The van der Waals surface area contributed by atoms with Crippen LogP contribution in [0.4, 0.5) is 0 Å². The summed E-state index contributed by atoms with van der Waals surface area (Å²) in [6, 6.07) is 0. The average molecular weight is 209 g/mol. The van der Waals surface area contributed by atoms with Crippen LogP contribution < -0.4 is 0 Å². The summed E-state index contributed by atoms with van der Waals surface area (Å²) < 4.78 is 0. The van der Waals surface area contributed by atoms with Gasteiger partial charge in [0.15, 0.2) is 0 Å². The standard InChI is InChI=1S/C13H23NO/c1-12(15)4-9-14-10-7-13(8-11-14)5-2-3-6-13/h2-11H2,1H3. The molecule has 15 heavy (non-hydrogen) atoms. The fraction of sp³-hybridized carbons (Fsp3) is 0.923. The van der Waals surface area contributed by atoms with Crippen molar-refractivity contribution in [1.29, 1.82) is 0 Å². The summed E-state index contributed by atoms with van der Waals surface area (Å²) >= 11 is 0. The van der Waals surface area contributed by atoms with Gasteiger partial charge in [0, 0.05) is 13.0 Å². The molecule has 0 aromatic carbocycles. The summed E-state index contributed by atoms with van der Waals surface area (Å²) in [6.45, 7) is 5.15. The first kappa shape index (κ1) is 11.1. The highest BCUT2D eigenvalue weighted by Crippen LogP contribution is 2.45. The second kappa shape index (κ2) is 4.65. The highest BCUT2D eigenvalue weighted by atomic mass is 16.1. The summed E-state index contributed by atoms with van der Waals surface area (Å²) in [5, 5.41) is 0. The van der Waals surface area contributed by atoms with Gasteiger partial charge in [-0.1, -0.05) is 12.8 Å². The molecule has 2 rings (SSSR count). The number of piperidine rings is 1. The van der Waals surface area contributed by atoms with Crippen molar-refractivity contribution in [2.45, 2.75) is 51.9 Å². The topological polar surface area (TPSA) is 20.3 Å². The van der Waals surface area contributed by atoms with Crippen LogP contribution in [0, 0.1) is 5.41 Å². The van der Waals surface area contributed by atoms with Crippen LogP contribution in [0.15, 0.2) is 0 Å². The van der Waals surface area contributed by atoms with Gasteiger partial charge in [0.25, 0.3) is 0 Å². The Morgan fingerprint density at radius 2 is 1.73 bits per heavy atom. The van der Waals surface area contributed by atoms with E-state index in [2.05, 4.69) is 4.90 Å². The zero-order chi connectivity index (χ0) is 10.7. The third-order valence-electron chi connectivity index (χ3n) is 4.36. The van der Waals surface area contributed by atoms with E-state index < -0.39 is 0 Å². The number of hydrogen-bond donors (Lipinski definition) is 0. The molecule has 1 saturated heterocycles. The molecule has 0 N–H and O–H groups in total. The summed E-state index contributed by atoms with van der Waals surface area (Å²) in [5.41, 5.74) is 0.715. The van der Waals surface area contributed by atoms with Crippen LogP contribution in [0.5, 0.6) is 0 Å². The SMILES string of the molecule is CC(=O)CCN1CCC2(CCCC2)CC1. The van der Waals surface area contributed by atoms with Crippen LogP contribution in [0.2, 0.25) is 0 Å². The second-order valence-corrected chi connectivity index (χ2v) is 5.50. The number of Topliss-reactive ketones (excluding diaryl/α,β-unsaturated/α-hetero) is 1. The zero-order valence-electron chi connectivity index (χ0n) is 9.93. The van der Waals surface area contributed by atoms with Gasteiger partial charge < -0.3 is 4.90 Å². The van der Waals surface area contributed by atoms with Gasteiger partial charge >= 0.3 is 0 Å². The van der Waals surface area contributed by atoms with Crippen molar-refractivity contribution in [2.75, 3.05) is 19.6 Å². The molecule has 1 spiro atoms. The summed E-state index contributed by atoms with van der Waals surface area (Å²) in [5.74, 6) is 0.330. The van der Waals surface area contributed by atoms with Gasteiger partial charge in [0.2, 0.25) is 0 Å². The van der Waals surface area contributed by atoms with Gasteiger partial charge in [-0.05, 0) is 51.1 Å². The molecule has 0 unspecified atom stereocenters. The van der Waals surface area contributed by atoms with Crippen molar-refractivity contribution in [3.8, 4) is 0 Å². The quantitative estimate of drug-likeness (QED) is 0.712. The van der Waals surface area contributed by atoms with E-state index in [9.17, 15) is 4.79 Å². The van der Waals surface area contributed by atoms with Gasteiger partial charge in [-0.2, -0.15) is 0 Å². The molecule has 2 heteroatoms. The monoisotopic (exact) mass is 209 g/mol. The molecule has 86 valence electrons. The molecule has 1 heterocycles. The van der Waals surface area contributed by atoms with E-state index in [0.717, 1.165) is 13.0 Å². The molecule has 1 aliphatic heterocycles. The maximum atomic E-state index is 10.9. The van der Waals surface area contributed by atoms with Gasteiger partial charge in [0.05, 0.1) is 0 Å². The van der Waals surface area contributed by atoms with Crippen molar-refractivity contribution >= 4 is 5.78 Å². The zero-order valence-corrected chi connectivity index (χ0v) is 9.93. The Hall–Kier alpha value is -0.370. The summed E-state index contributed by atoms with van der Waals surface area (Å²) in [6.07, 6.45) is 9.34. The Morgan fingerprint density at radius 1 is 1.13 bits per heavy atom. The van der Waals surface area contributed by atoms with Crippen LogP contribution in [-0.4, -0.2) is 30.3 Å². The van der Waals surface area contributed by atoms with E-state index in [1.54, 1.807) is 6.92 Å².